The van der Waals surface area contributed by atoms with Gasteiger partial charge in [0.15, 0.2) is 0 Å². The van der Waals surface area contributed by atoms with Gasteiger partial charge in [0, 0.05) is 6.20 Å². The van der Waals surface area contributed by atoms with Crippen LogP contribution >= 0.6 is 11.3 Å². The van der Waals surface area contributed by atoms with E-state index in [1.165, 1.54) is 23.3 Å². The van der Waals surface area contributed by atoms with E-state index in [-0.39, 0.29) is 31.4 Å². The molecule has 1 aromatic heterocycles. The lowest BCUT2D eigenvalue weighted by atomic mass is 9.97. The van der Waals surface area contributed by atoms with Crippen LogP contribution in [0.3, 0.4) is 0 Å². The van der Waals surface area contributed by atoms with Crippen molar-refractivity contribution in [3.05, 3.63) is 77.4 Å². The van der Waals surface area contributed by atoms with Crippen LogP contribution in [0.15, 0.2) is 66.3 Å². The van der Waals surface area contributed by atoms with Gasteiger partial charge in [-0.2, -0.15) is 0 Å². The van der Waals surface area contributed by atoms with Crippen LogP contribution in [0.2, 0.25) is 0 Å². The standard InChI is InChI=1S/C35H48N6O7S/c1-7-48-35(46)40-30(22(4)5)33(44)41(31(36)25-15-13-24(14-16-25)28-18-37-20-49-28)19-27(42)26(17-23-11-9-8-10-12-23)38-32(43)29(21(2)3)39-34(45)47-6/h8-16,18,20-22,26-27,29-31,42H,7,17,19,36H2,1-6H3,(H,38,43)(H,39,45)(H,40,46)/t26-,27-,29-,30-,31?/m0/s1. The summed E-state index contributed by atoms with van der Waals surface area (Å²) in [5.74, 6) is -1.76. The Hall–Kier alpha value is -4.53. The predicted molar refractivity (Wildman–Crippen MR) is 187 cm³/mol. The van der Waals surface area contributed by atoms with Gasteiger partial charge in [0.25, 0.3) is 0 Å². The lowest BCUT2D eigenvalue weighted by Gasteiger charge is -2.37. The Morgan fingerprint density at radius 1 is 0.918 bits per heavy atom. The van der Waals surface area contributed by atoms with Crippen molar-refractivity contribution in [1.82, 2.24) is 25.8 Å². The molecule has 0 aliphatic heterocycles. The number of nitrogens with two attached hydrogens (primary N) is 1. The fraction of sp³-hybridized carbons (Fsp3) is 0.457. The number of nitrogens with zero attached hydrogens (tertiary/aromatic N) is 2. The second kappa shape index (κ2) is 18.9. The van der Waals surface area contributed by atoms with E-state index in [4.69, 9.17) is 15.2 Å². The first-order chi connectivity index (χ1) is 23.4. The van der Waals surface area contributed by atoms with Crippen molar-refractivity contribution in [1.29, 1.82) is 0 Å². The molecule has 2 aromatic carbocycles. The van der Waals surface area contributed by atoms with Crippen molar-refractivity contribution in [2.24, 2.45) is 17.6 Å². The second-order valence-electron chi connectivity index (χ2n) is 12.2. The van der Waals surface area contributed by atoms with E-state index in [1.807, 2.05) is 42.5 Å². The van der Waals surface area contributed by atoms with E-state index >= 15 is 0 Å². The summed E-state index contributed by atoms with van der Waals surface area (Å²) in [5, 5.41) is 19.9. The molecular formula is C35H48N6O7S. The molecule has 14 heteroatoms. The summed E-state index contributed by atoms with van der Waals surface area (Å²) in [6, 6.07) is 13.7. The Labute approximate surface area is 291 Å². The number of benzene rings is 2. The predicted octanol–water partition coefficient (Wildman–Crippen LogP) is 3.84. The van der Waals surface area contributed by atoms with Gasteiger partial charge in [-0.3, -0.25) is 14.6 Å². The number of methoxy groups -OCH3 is 1. The minimum Gasteiger partial charge on any atom is -0.453 e. The van der Waals surface area contributed by atoms with Gasteiger partial charge in [-0.1, -0.05) is 82.3 Å². The van der Waals surface area contributed by atoms with Crippen molar-refractivity contribution >= 4 is 35.3 Å². The third kappa shape index (κ3) is 11.3. The molecule has 1 heterocycles. The smallest absolute Gasteiger partial charge is 0.407 e. The van der Waals surface area contributed by atoms with E-state index in [0.717, 1.165) is 16.0 Å². The number of aliphatic hydroxyl groups is 1. The Kier molecular flexibility index (Phi) is 15.0. The van der Waals surface area contributed by atoms with Gasteiger partial charge in [0.1, 0.15) is 18.2 Å². The Morgan fingerprint density at radius 2 is 1.55 bits per heavy atom. The third-order valence-electron chi connectivity index (χ3n) is 7.95. The van der Waals surface area contributed by atoms with Crippen LogP contribution < -0.4 is 21.7 Å². The Bertz CT molecular complexity index is 1490. The van der Waals surface area contributed by atoms with Crippen LogP contribution in [-0.4, -0.2) is 83.5 Å². The normalized spacial score (nSPS) is 14.2. The highest BCUT2D eigenvalue weighted by molar-refractivity contribution is 7.13. The summed E-state index contributed by atoms with van der Waals surface area (Å²) in [5.41, 5.74) is 10.8. The topological polar surface area (TPSA) is 185 Å². The van der Waals surface area contributed by atoms with E-state index in [1.54, 1.807) is 58.5 Å². The molecule has 4 amide bonds. The lowest BCUT2D eigenvalue weighted by molar-refractivity contribution is -0.139. The monoisotopic (exact) mass is 696 g/mol. The molecule has 13 nitrogen and oxygen atoms in total. The van der Waals surface area contributed by atoms with Gasteiger partial charge < -0.3 is 41.2 Å². The van der Waals surface area contributed by atoms with E-state index in [2.05, 4.69) is 20.9 Å². The first-order valence-corrected chi connectivity index (χ1v) is 17.1. The van der Waals surface area contributed by atoms with Crippen LogP contribution in [0.1, 0.15) is 51.9 Å². The van der Waals surface area contributed by atoms with Crippen LogP contribution in [0.5, 0.6) is 0 Å². The van der Waals surface area contributed by atoms with Crippen molar-refractivity contribution in [3.63, 3.8) is 0 Å². The average Bonchev–Trinajstić information content (AvgIpc) is 3.63. The number of rotatable bonds is 16. The number of alkyl carbamates (subject to hydrolysis) is 2. The molecule has 266 valence electrons. The van der Waals surface area contributed by atoms with E-state index in [9.17, 15) is 24.3 Å². The molecule has 0 fully saturated rings. The minimum absolute atomic E-state index is 0.113. The number of nitrogens with one attached hydrogen (secondary N) is 3. The first-order valence-electron chi connectivity index (χ1n) is 16.2. The number of ether oxygens (including phenoxy) is 2. The summed E-state index contributed by atoms with van der Waals surface area (Å²) in [4.78, 5) is 58.8. The van der Waals surface area contributed by atoms with E-state index in [0.29, 0.717) is 5.56 Å². The molecule has 0 saturated heterocycles. The van der Waals surface area contributed by atoms with Crippen molar-refractivity contribution in [2.45, 2.75) is 71.4 Å². The first kappa shape index (κ1) is 38.9. The molecule has 0 radical (unpaired) electrons. The fourth-order valence-electron chi connectivity index (χ4n) is 5.19. The molecule has 3 rings (SSSR count). The van der Waals surface area contributed by atoms with Crippen LogP contribution in [0, 0.1) is 11.8 Å². The van der Waals surface area contributed by atoms with Crippen molar-refractivity contribution < 1.29 is 33.8 Å². The SMILES string of the molecule is CCOC(=O)N[C@H](C(=O)N(C[C@H](O)[C@H](Cc1ccccc1)NC(=O)[C@@H](NC(=O)OC)C(C)C)C(N)c1ccc(-c2cncs2)cc1)C(C)C. The summed E-state index contributed by atoms with van der Waals surface area (Å²) in [7, 11) is 1.20. The van der Waals surface area contributed by atoms with Gasteiger partial charge in [-0.05, 0) is 41.9 Å². The molecule has 0 spiro atoms. The second-order valence-corrected chi connectivity index (χ2v) is 13.1. The molecule has 1 unspecified atom stereocenters. The molecule has 6 N–H and O–H groups in total. The van der Waals surface area contributed by atoms with E-state index < -0.39 is 54.4 Å². The largest absolute Gasteiger partial charge is 0.453 e. The molecule has 0 saturated carbocycles. The van der Waals surface area contributed by atoms with Crippen LogP contribution in [0.4, 0.5) is 9.59 Å². The highest BCUT2D eigenvalue weighted by Crippen LogP contribution is 2.26. The Balaban J connectivity index is 1.99. The number of thiazole rings is 1. The number of aromatic nitrogens is 1. The van der Waals surface area contributed by atoms with Crippen molar-refractivity contribution in [3.8, 4) is 10.4 Å². The maximum absolute atomic E-state index is 14.3. The number of amides is 4. The minimum atomic E-state index is -1.34. The average molecular weight is 697 g/mol. The number of aliphatic hydroxyl groups excluding tert-OH is 1. The summed E-state index contributed by atoms with van der Waals surface area (Å²) in [6.45, 7) is 8.55. The van der Waals surface area contributed by atoms with Gasteiger partial charge in [-0.15, -0.1) is 11.3 Å². The van der Waals surface area contributed by atoms with Crippen LogP contribution in [-0.2, 0) is 25.5 Å². The lowest BCUT2D eigenvalue weighted by Crippen LogP contribution is -2.59. The zero-order chi connectivity index (χ0) is 36.1. The zero-order valence-corrected chi connectivity index (χ0v) is 29.6. The number of hydrogen-bond donors (Lipinski definition) is 5. The summed E-state index contributed by atoms with van der Waals surface area (Å²) >= 11 is 1.49. The van der Waals surface area contributed by atoms with Crippen molar-refractivity contribution in [2.75, 3.05) is 20.3 Å². The highest BCUT2D eigenvalue weighted by atomic mass is 32.1. The highest BCUT2D eigenvalue weighted by Gasteiger charge is 2.36. The van der Waals surface area contributed by atoms with Gasteiger partial charge in [0.2, 0.25) is 11.8 Å². The molecule has 0 aliphatic rings. The quantitative estimate of drug-likeness (QED) is 0.139. The molecule has 49 heavy (non-hydrogen) atoms. The van der Waals surface area contributed by atoms with Gasteiger partial charge >= 0.3 is 12.2 Å². The molecule has 0 bridgehead atoms. The summed E-state index contributed by atoms with van der Waals surface area (Å²) in [6.07, 6.45) is -1.95. The maximum atomic E-state index is 14.3. The molecular weight excluding hydrogens is 648 g/mol. The van der Waals surface area contributed by atoms with Gasteiger partial charge in [0.05, 0.1) is 42.8 Å². The number of carbonyl (C=O) groups excluding carboxylic acids is 4. The Morgan fingerprint density at radius 3 is 2.10 bits per heavy atom. The molecule has 3 aromatic rings. The number of hydrogen-bond acceptors (Lipinski definition) is 10. The van der Waals surface area contributed by atoms with Crippen LogP contribution in [0.25, 0.3) is 10.4 Å². The molecule has 0 aliphatic carbocycles. The number of carbonyl (C=O) groups is 4. The fourth-order valence-corrected chi connectivity index (χ4v) is 5.82. The molecule has 5 atom stereocenters. The van der Waals surface area contributed by atoms with Gasteiger partial charge in [-0.25, -0.2) is 9.59 Å². The summed E-state index contributed by atoms with van der Waals surface area (Å²) < 4.78 is 9.77. The maximum Gasteiger partial charge on any atom is 0.407 e. The zero-order valence-electron chi connectivity index (χ0n) is 28.8. The third-order valence-corrected chi connectivity index (χ3v) is 8.77.